The van der Waals surface area contributed by atoms with Crippen LogP contribution in [0.1, 0.15) is 43.7 Å². The van der Waals surface area contributed by atoms with Gasteiger partial charge in [-0.05, 0) is 62.0 Å². The molecule has 0 nitrogen and oxygen atoms in total. The van der Waals surface area contributed by atoms with Gasteiger partial charge in [0.05, 0.1) is 0 Å². The number of hydrogen-bond acceptors (Lipinski definition) is 0. The minimum absolute atomic E-state index is 0.870. The summed E-state index contributed by atoms with van der Waals surface area (Å²) < 4.78 is 0. The number of allylic oxidation sites excluding steroid dienone is 2. The minimum atomic E-state index is 0.870. The Hall–Kier alpha value is -1.04. The monoisotopic (exact) mass is 226 g/mol. The average Bonchev–Trinajstić information content (AvgIpc) is 2.91. The number of rotatable bonds is 2. The number of fused-ring (bicyclic) bond motifs is 2. The molecule has 1 aromatic carbocycles. The first kappa shape index (κ1) is 11.1. The molecule has 2 aliphatic rings. The van der Waals surface area contributed by atoms with Gasteiger partial charge >= 0.3 is 0 Å². The minimum Gasteiger partial charge on any atom is -0.0776 e. The third-order valence-corrected chi connectivity index (χ3v) is 4.76. The van der Waals surface area contributed by atoms with Crippen LogP contribution in [0.25, 0.3) is 5.57 Å². The summed E-state index contributed by atoms with van der Waals surface area (Å²) in [4.78, 5) is 0. The van der Waals surface area contributed by atoms with Crippen LogP contribution in [0.2, 0.25) is 0 Å². The largest absolute Gasteiger partial charge is 0.0776 e. The van der Waals surface area contributed by atoms with Crippen molar-refractivity contribution in [3.63, 3.8) is 0 Å². The summed E-state index contributed by atoms with van der Waals surface area (Å²) in [6.07, 6.45) is 8.48. The number of hydrogen-bond donors (Lipinski definition) is 0. The molecule has 3 rings (SSSR count). The Morgan fingerprint density at radius 1 is 1.12 bits per heavy atom. The van der Waals surface area contributed by atoms with E-state index in [4.69, 9.17) is 0 Å². The molecule has 2 bridgehead atoms. The molecule has 17 heavy (non-hydrogen) atoms. The third-order valence-electron chi connectivity index (χ3n) is 4.76. The van der Waals surface area contributed by atoms with E-state index >= 15 is 0 Å². The Kier molecular flexibility index (Phi) is 2.82. The highest BCUT2D eigenvalue weighted by Gasteiger charge is 2.38. The second-order valence-corrected chi connectivity index (χ2v) is 6.05. The van der Waals surface area contributed by atoms with Crippen molar-refractivity contribution < 1.29 is 0 Å². The Bertz CT molecular complexity index is 424. The van der Waals surface area contributed by atoms with Gasteiger partial charge in [0.15, 0.2) is 0 Å². The molecule has 0 aromatic heterocycles. The normalized spacial score (nSPS) is 32.1. The lowest BCUT2D eigenvalue weighted by molar-refractivity contribution is 0.395. The van der Waals surface area contributed by atoms with Crippen LogP contribution in [-0.2, 0) is 0 Å². The lowest BCUT2D eigenvalue weighted by Gasteiger charge is -2.19. The van der Waals surface area contributed by atoms with Crippen LogP contribution in [0.3, 0.4) is 0 Å². The highest BCUT2D eigenvalue weighted by atomic mass is 14.4. The highest BCUT2D eigenvalue weighted by molar-refractivity contribution is 5.64. The van der Waals surface area contributed by atoms with Gasteiger partial charge in [-0.2, -0.15) is 0 Å². The first-order valence-corrected chi connectivity index (χ1v) is 6.98. The summed E-state index contributed by atoms with van der Waals surface area (Å²) in [7, 11) is 0. The van der Waals surface area contributed by atoms with Gasteiger partial charge in [0.1, 0.15) is 0 Å². The van der Waals surface area contributed by atoms with E-state index in [0.717, 1.165) is 17.8 Å². The Labute approximate surface area is 105 Å². The van der Waals surface area contributed by atoms with Gasteiger partial charge in [0.2, 0.25) is 0 Å². The molecule has 0 heteroatoms. The number of benzene rings is 1. The van der Waals surface area contributed by atoms with E-state index in [0.29, 0.717) is 0 Å². The Morgan fingerprint density at radius 3 is 2.47 bits per heavy atom. The Balaban J connectivity index is 1.77. The molecule has 90 valence electrons. The lowest BCUT2D eigenvalue weighted by atomic mass is 9.86. The quantitative estimate of drug-likeness (QED) is 0.677. The van der Waals surface area contributed by atoms with Gasteiger partial charge in [0, 0.05) is 0 Å². The molecule has 2 fully saturated rings. The van der Waals surface area contributed by atoms with E-state index in [1.807, 2.05) is 0 Å². The molecule has 1 aromatic rings. The first-order valence-electron chi connectivity index (χ1n) is 6.98. The van der Waals surface area contributed by atoms with Crippen LogP contribution >= 0.6 is 0 Å². The fourth-order valence-corrected chi connectivity index (χ4v) is 3.73. The van der Waals surface area contributed by atoms with Crippen molar-refractivity contribution in [1.82, 2.24) is 0 Å². The second-order valence-electron chi connectivity index (χ2n) is 6.05. The molecule has 2 aliphatic carbocycles. The maximum absolute atomic E-state index is 2.55. The van der Waals surface area contributed by atoms with Crippen LogP contribution in [0, 0.1) is 24.7 Å². The van der Waals surface area contributed by atoms with Crippen molar-refractivity contribution in [3.8, 4) is 0 Å². The SMILES string of the molecule is C/C(=C\C1CC2CCC1C2)c1ccc(C)cc1. The molecular formula is C17H22. The van der Waals surface area contributed by atoms with Crippen molar-refractivity contribution in [3.05, 3.63) is 41.5 Å². The van der Waals surface area contributed by atoms with Crippen molar-refractivity contribution in [1.29, 1.82) is 0 Å². The van der Waals surface area contributed by atoms with E-state index in [9.17, 15) is 0 Å². The maximum atomic E-state index is 2.55. The average molecular weight is 226 g/mol. The van der Waals surface area contributed by atoms with Crippen LogP contribution in [0.4, 0.5) is 0 Å². The predicted molar refractivity (Wildman–Crippen MR) is 73.8 cm³/mol. The van der Waals surface area contributed by atoms with Crippen LogP contribution in [-0.4, -0.2) is 0 Å². The topological polar surface area (TPSA) is 0 Å². The third kappa shape index (κ3) is 2.18. The first-order chi connectivity index (χ1) is 8.22. The molecule has 0 spiro atoms. The van der Waals surface area contributed by atoms with Gasteiger partial charge in [-0.3, -0.25) is 0 Å². The van der Waals surface area contributed by atoms with Crippen LogP contribution in [0.15, 0.2) is 30.3 Å². The molecule has 0 radical (unpaired) electrons. The lowest BCUT2D eigenvalue weighted by Crippen LogP contribution is -2.07. The molecule has 0 N–H and O–H groups in total. The molecule has 3 atom stereocenters. The Morgan fingerprint density at radius 2 is 1.88 bits per heavy atom. The van der Waals surface area contributed by atoms with Crippen molar-refractivity contribution >= 4 is 5.57 Å². The zero-order chi connectivity index (χ0) is 11.8. The molecular weight excluding hydrogens is 204 g/mol. The maximum Gasteiger partial charge on any atom is -0.0196 e. The summed E-state index contributed by atoms with van der Waals surface area (Å²) >= 11 is 0. The summed E-state index contributed by atoms with van der Waals surface area (Å²) in [5.74, 6) is 2.92. The van der Waals surface area contributed by atoms with Crippen molar-refractivity contribution in [2.75, 3.05) is 0 Å². The van der Waals surface area contributed by atoms with Gasteiger partial charge in [0.25, 0.3) is 0 Å². The summed E-state index contributed by atoms with van der Waals surface area (Å²) in [6.45, 7) is 4.43. The summed E-state index contributed by atoms with van der Waals surface area (Å²) in [5, 5.41) is 0. The molecule has 0 aliphatic heterocycles. The van der Waals surface area contributed by atoms with Crippen molar-refractivity contribution in [2.24, 2.45) is 17.8 Å². The van der Waals surface area contributed by atoms with Crippen LogP contribution in [0.5, 0.6) is 0 Å². The number of aryl methyl sites for hydroxylation is 1. The molecule has 2 saturated carbocycles. The van der Waals surface area contributed by atoms with E-state index in [1.165, 1.54) is 42.4 Å². The molecule has 0 heterocycles. The summed E-state index contributed by atoms with van der Waals surface area (Å²) in [6, 6.07) is 8.95. The van der Waals surface area contributed by atoms with E-state index in [1.54, 1.807) is 0 Å². The van der Waals surface area contributed by atoms with Crippen molar-refractivity contribution in [2.45, 2.75) is 39.5 Å². The molecule has 0 saturated heterocycles. The fraction of sp³-hybridized carbons (Fsp3) is 0.529. The molecule has 3 unspecified atom stereocenters. The zero-order valence-corrected chi connectivity index (χ0v) is 10.9. The van der Waals surface area contributed by atoms with Gasteiger partial charge in [-0.15, -0.1) is 0 Å². The predicted octanol–water partition coefficient (Wildman–Crippen LogP) is 4.83. The smallest absolute Gasteiger partial charge is 0.0196 e. The highest BCUT2D eigenvalue weighted by Crippen LogP contribution is 2.49. The standard InChI is InChI=1S/C17H22/c1-12-3-6-15(7-4-12)13(2)9-17-11-14-5-8-16(17)10-14/h3-4,6-7,9,14,16-17H,5,8,10-11H2,1-2H3/b13-9+. The van der Waals surface area contributed by atoms with E-state index < -0.39 is 0 Å². The van der Waals surface area contributed by atoms with E-state index in [-0.39, 0.29) is 0 Å². The fourth-order valence-electron chi connectivity index (χ4n) is 3.73. The molecule has 0 amide bonds. The van der Waals surface area contributed by atoms with Gasteiger partial charge < -0.3 is 0 Å². The van der Waals surface area contributed by atoms with Gasteiger partial charge in [-0.25, -0.2) is 0 Å². The summed E-state index contributed by atoms with van der Waals surface area (Å²) in [5.41, 5.74) is 4.22. The second kappa shape index (κ2) is 4.33. The van der Waals surface area contributed by atoms with E-state index in [2.05, 4.69) is 44.2 Å². The zero-order valence-electron chi connectivity index (χ0n) is 10.9. The van der Waals surface area contributed by atoms with Gasteiger partial charge in [-0.1, -0.05) is 42.3 Å². The van der Waals surface area contributed by atoms with Crippen LogP contribution < -0.4 is 0 Å².